The van der Waals surface area contributed by atoms with Crippen molar-refractivity contribution in [2.24, 2.45) is 0 Å². The molecule has 5 rings (SSSR count). The molecule has 0 fully saturated rings. The van der Waals surface area contributed by atoms with E-state index in [2.05, 4.69) is 114 Å². The Bertz CT molecular complexity index is 1220. The summed E-state index contributed by atoms with van der Waals surface area (Å²) in [5.41, 5.74) is 14.4. The predicted molar refractivity (Wildman–Crippen MR) is 139 cm³/mol. The van der Waals surface area contributed by atoms with E-state index in [1.165, 1.54) is 55.7 Å². The molecule has 0 radical (unpaired) electrons. The second-order valence-corrected chi connectivity index (χ2v) is 10.4. The van der Waals surface area contributed by atoms with Gasteiger partial charge in [-0.1, -0.05) is 112 Å². The third-order valence-electron chi connectivity index (χ3n) is 7.48. The summed E-state index contributed by atoms with van der Waals surface area (Å²) in [7, 11) is 0. The summed E-state index contributed by atoms with van der Waals surface area (Å²) >= 11 is 0. The van der Waals surface area contributed by atoms with Gasteiger partial charge in [-0.25, -0.2) is 0 Å². The van der Waals surface area contributed by atoms with Gasteiger partial charge in [0.1, 0.15) is 0 Å². The highest BCUT2D eigenvalue weighted by atomic mass is 14.4. The van der Waals surface area contributed by atoms with Crippen molar-refractivity contribution in [2.45, 2.75) is 65.2 Å². The van der Waals surface area contributed by atoms with Gasteiger partial charge in [0, 0.05) is 11.8 Å². The fraction of sp³-hybridized carbons (Fsp3) is 0.312. The summed E-state index contributed by atoms with van der Waals surface area (Å²) in [6, 6.07) is 23.1. The van der Waals surface area contributed by atoms with Crippen molar-refractivity contribution in [1.82, 2.24) is 0 Å². The average Bonchev–Trinajstić information content (AvgIpc) is 3.27. The minimum atomic E-state index is 0.395. The molecule has 0 spiro atoms. The van der Waals surface area contributed by atoms with E-state index in [1.54, 1.807) is 0 Å². The van der Waals surface area contributed by atoms with Gasteiger partial charge >= 0.3 is 0 Å². The van der Waals surface area contributed by atoms with Crippen LogP contribution in [-0.2, 0) is 0 Å². The summed E-state index contributed by atoms with van der Waals surface area (Å²) < 4.78 is 0. The first-order chi connectivity index (χ1) is 15.3. The molecule has 0 saturated carbocycles. The molecule has 0 amide bonds. The summed E-state index contributed by atoms with van der Waals surface area (Å²) in [5, 5.41) is 0. The Kier molecular flexibility index (Phi) is 5.20. The smallest absolute Gasteiger partial charge is 0.0167 e. The maximum Gasteiger partial charge on any atom is 0.0167 e. The van der Waals surface area contributed by atoms with Crippen LogP contribution in [0, 0.1) is 0 Å². The number of rotatable bonds is 4. The largest absolute Gasteiger partial charge is 0.0643 e. The molecule has 0 aromatic heterocycles. The van der Waals surface area contributed by atoms with Crippen molar-refractivity contribution < 1.29 is 0 Å². The van der Waals surface area contributed by atoms with Gasteiger partial charge in [0.25, 0.3) is 0 Å². The molecule has 0 aliphatic heterocycles. The van der Waals surface area contributed by atoms with Gasteiger partial charge in [-0.05, 0) is 70.2 Å². The van der Waals surface area contributed by atoms with E-state index in [4.69, 9.17) is 0 Å². The fourth-order valence-corrected chi connectivity index (χ4v) is 5.75. The van der Waals surface area contributed by atoms with Gasteiger partial charge in [0.2, 0.25) is 0 Å². The van der Waals surface area contributed by atoms with E-state index >= 15 is 0 Å². The lowest BCUT2D eigenvalue weighted by Gasteiger charge is -2.27. The molecule has 0 N–H and O–H groups in total. The van der Waals surface area contributed by atoms with Crippen molar-refractivity contribution in [2.75, 3.05) is 0 Å². The molecule has 0 nitrogen and oxygen atoms in total. The molecule has 0 heterocycles. The molecule has 0 heteroatoms. The molecule has 2 aliphatic carbocycles. The lowest BCUT2D eigenvalue weighted by Crippen LogP contribution is -2.11. The van der Waals surface area contributed by atoms with E-state index in [0.29, 0.717) is 23.7 Å². The topological polar surface area (TPSA) is 0 Å². The second-order valence-electron chi connectivity index (χ2n) is 10.4. The molecule has 2 atom stereocenters. The second kappa shape index (κ2) is 7.93. The third-order valence-corrected chi connectivity index (χ3v) is 7.48. The molecular formula is C32H34. The van der Waals surface area contributed by atoms with E-state index < -0.39 is 0 Å². The molecule has 2 aliphatic rings. The van der Waals surface area contributed by atoms with Crippen LogP contribution < -0.4 is 0 Å². The Morgan fingerprint density at radius 2 is 1.22 bits per heavy atom. The standard InChI is InChI=1S/C32H34/c1-19(2)25-16-26(20(3)4)18-27(17-25)29-13-9-11-24-15-22(6)31(32(24)29)30-21(5)14-23-10-7-8-12-28(23)30/h7-20,30-31H,1-6H3. The Hall–Kier alpha value is -2.86. The Morgan fingerprint density at radius 1 is 0.625 bits per heavy atom. The van der Waals surface area contributed by atoms with Crippen molar-refractivity contribution in [3.05, 3.63) is 105 Å². The van der Waals surface area contributed by atoms with Gasteiger partial charge in [0.15, 0.2) is 0 Å². The minimum absolute atomic E-state index is 0.395. The van der Waals surface area contributed by atoms with E-state index in [0.717, 1.165) is 0 Å². The molecule has 32 heavy (non-hydrogen) atoms. The zero-order valence-corrected chi connectivity index (χ0v) is 20.2. The first-order valence-electron chi connectivity index (χ1n) is 12.1. The summed E-state index contributed by atoms with van der Waals surface area (Å²) in [4.78, 5) is 0. The first-order valence-corrected chi connectivity index (χ1v) is 12.1. The lowest BCUT2D eigenvalue weighted by molar-refractivity contribution is 0.693. The van der Waals surface area contributed by atoms with Crippen LogP contribution in [0.3, 0.4) is 0 Å². The van der Waals surface area contributed by atoms with Crippen molar-refractivity contribution in [3.8, 4) is 11.1 Å². The summed E-state index contributed by atoms with van der Waals surface area (Å²) in [6.45, 7) is 13.8. The van der Waals surface area contributed by atoms with E-state index in [-0.39, 0.29) is 0 Å². The lowest BCUT2D eigenvalue weighted by atomic mass is 9.75. The van der Waals surface area contributed by atoms with Crippen LogP contribution in [-0.4, -0.2) is 0 Å². The zero-order chi connectivity index (χ0) is 22.6. The molecule has 0 saturated heterocycles. The van der Waals surface area contributed by atoms with Gasteiger partial charge in [0.05, 0.1) is 0 Å². The van der Waals surface area contributed by atoms with Gasteiger partial charge in [-0.3, -0.25) is 0 Å². The highest BCUT2D eigenvalue weighted by Crippen LogP contribution is 2.54. The van der Waals surface area contributed by atoms with Crippen molar-refractivity contribution >= 4 is 12.2 Å². The quantitative estimate of drug-likeness (QED) is 0.396. The summed E-state index contributed by atoms with van der Waals surface area (Å²) in [6.07, 6.45) is 4.82. The number of fused-ring (bicyclic) bond motifs is 2. The molecule has 3 aromatic carbocycles. The summed E-state index contributed by atoms with van der Waals surface area (Å²) in [5.74, 6) is 1.85. The van der Waals surface area contributed by atoms with Gasteiger partial charge in [-0.2, -0.15) is 0 Å². The highest BCUT2D eigenvalue weighted by molar-refractivity contribution is 5.81. The third kappa shape index (κ3) is 3.37. The van der Waals surface area contributed by atoms with Crippen LogP contribution in [0.2, 0.25) is 0 Å². The molecule has 0 bridgehead atoms. The molecule has 2 unspecified atom stereocenters. The fourth-order valence-electron chi connectivity index (χ4n) is 5.75. The van der Waals surface area contributed by atoms with Crippen molar-refractivity contribution in [3.63, 3.8) is 0 Å². The van der Waals surface area contributed by atoms with Gasteiger partial charge in [-0.15, -0.1) is 0 Å². The Morgan fingerprint density at radius 3 is 1.91 bits per heavy atom. The normalized spacial score (nSPS) is 19.2. The number of hydrogen-bond acceptors (Lipinski definition) is 0. The maximum atomic E-state index is 2.43. The average molecular weight is 419 g/mol. The number of benzene rings is 3. The van der Waals surface area contributed by atoms with Crippen LogP contribution in [0.1, 0.15) is 98.6 Å². The molecule has 3 aromatic rings. The highest BCUT2D eigenvalue weighted by Gasteiger charge is 2.37. The SMILES string of the molecule is CC1=Cc2ccccc2C1C1C(C)=Cc2cccc(-c3cc(C(C)C)cc(C(C)C)c3)c21. The number of allylic oxidation sites excluding steroid dienone is 2. The van der Waals surface area contributed by atoms with Crippen LogP contribution in [0.5, 0.6) is 0 Å². The Labute approximate surface area is 193 Å². The minimum Gasteiger partial charge on any atom is -0.0643 e. The van der Waals surface area contributed by atoms with Crippen LogP contribution in [0.15, 0.2) is 71.8 Å². The molecule has 162 valence electrons. The van der Waals surface area contributed by atoms with Gasteiger partial charge < -0.3 is 0 Å². The molecular weight excluding hydrogens is 384 g/mol. The predicted octanol–water partition coefficient (Wildman–Crippen LogP) is 9.30. The van der Waals surface area contributed by atoms with E-state index in [9.17, 15) is 0 Å². The van der Waals surface area contributed by atoms with Crippen LogP contribution >= 0.6 is 0 Å². The van der Waals surface area contributed by atoms with Crippen molar-refractivity contribution in [1.29, 1.82) is 0 Å². The Balaban J connectivity index is 1.70. The first kappa shape index (κ1) is 21.0. The van der Waals surface area contributed by atoms with Crippen LogP contribution in [0.25, 0.3) is 23.3 Å². The van der Waals surface area contributed by atoms with Crippen LogP contribution in [0.4, 0.5) is 0 Å². The number of hydrogen-bond donors (Lipinski definition) is 0. The monoisotopic (exact) mass is 418 g/mol. The zero-order valence-electron chi connectivity index (χ0n) is 20.2. The van der Waals surface area contributed by atoms with E-state index in [1.807, 2.05) is 0 Å². The maximum absolute atomic E-state index is 2.43.